The number of carbonyl (C=O) groups excluding carboxylic acids is 1. The normalized spacial score (nSPS) is 11.0. The summed E-state index contributed by atoms with van der Waals surface area (Å²) >= 11 is 0. The lowest BCUT2D eigenvalue weighted by molar-refractivity contribution is 0.0950. The van der Waals surface area contributed by atoms with Crippen LogP contribution in [0, 0.1) is 0 Å². The molecule has 32 heavy (non-hydrogen) atoms. The number of benzene rings is 2. The van der Waals surface area contributed by atoms with Crippen molar-refractivity contribution in [1.29, 1.82) is 0 Å². The fourth-order valence-corrected chi connectivity index (χ4v) is 3.59. The highest BCUT2D eigenvalue weighted by molar-refractivity contribution is 6.06. The molecule has 158 valence electrons. The van der Waals surface area contributed by atoms with E-state index in [1.165, 1.54) is 4.68 Å². The molecule has 0 saturated carbocycles. The van der Waals surface area contributed by atoms with Gasteiger partial charge >= 0.3 is 0 Å². The van der Waals surface area contributed by atoms with Crippen LogP contribution in [0.5, 0.6) is 5.75 Å². The largest absolute Gasteiger partial charge is 0.497 e. The van der Waals surface area contributed by atoms with Crippen molar-refractivity contribution in [3.63, 3.8) is 0 Å². The summed E-state index contributed by atoms with van der Waals surface area (Å²) in [5, 5.41) is 7.17. The number of hydrogen-bond acceptors (Lipinski definition) is 5. The Morgan fingerprint density at radius 2 is 1.91 bits per heavy atom. The summed E-state index contributed by atoms with van der Waals surface area (Å²) in [6.45, 7) is 0.324. The molecule has 3 aromatic heterocycles. The van der Waals surface area contributed by atoms with Crippen LogP contribution in [0.3, 0.4) is 0 Å². The summed E-state index contributed by atoms with van der Waals surface area (Å²) < 4.78 is 6.64. The highest BCUT2D eigenvalue weighted by atomic mass is 16.5. The number of hydrogen-bond donors (Lipinski definition) is 2. The van der Waals surface area contributed by atoms with Gasteiger partial charge in [-0.2, -0.15) is 0 Å². The number of aromatic amines is 1. The first-order chi connectivity index (χ1) is 15.6. The molecule has 3 heterocycles. The Kier molecular flexibility index (Phi) is 4.87. The van der Waals surface area contributed by atoms with E-state index in [2.05, 4.69) is 20.4 Å². The number of nitrogens with one attached hydrogen (secondary N) is 2. The van der Waals surface area contributed by atoms with Crippen LogP contribution in [0.2, 0.25) is 0 Å². The van der Waals surface area contributed by atoms with Crippen LogP contribution in [-0.2, 0) is 6.54 Å². The van der Waals surface area contributed by atoms with Crippen molar-refractivity contribution in [2.45, 2.75) is 6.54 Å². The van der Waals surface area contributed by atoms with E-state index in [1.54, 1.807) is 62.0 Å². The minimum atomic E-state index is -0.230. The molecule has 0 unspecified atom stereocenters. The summed E-state index contributed by atoms with van der Waals surface area (Å²) in [4.78, 5) is 34.3. The molecule has 0 spiro atoms. The van der Waals surface area contributed by atoms with Gasteiger partial charge in [0.1, 0.15) is 5.75 Å². The number of amides is 1. The summed E-state index contributed by atoms with van der Waals surface area (Å²) in [6.07, 6.45) is 3.24. The average Bonchev–Trinajstić information content (AvgIpc) is 3.19. The van der Waals surface area contributed by atoms with Gasteiger partial charge in [-0.15, -0.1) is 0 Å². The monoisotopic (exact) mass is 425 g/mol. The lowest BCUT2D eigenvalue weighted by Crippen LogP contribution is -2.23. The van der Waals surface area contributed by atoms with Gasteiger partial charge in [0, 0.05) is 23.3 Å². The first kappa shape index (κ1) is 19.5. The second-order valence-electron chi connectivity index (χ2n) is 7.23. The van der Waals surface area contributed by atoms with E-state index in [4.69, 9.17) is 4.74 Å². The van der Waals surface area contributed by atoms with E-state index in [0.717, 1.165) is 5.69 Å². The molecular weight excluding hydrogens is 406 g/mol. The molecule has 8 nitrogen and oxygen atoms in total. The number of ether oxygens (including phenoxy) is 1. The van der Waals surface area contributed by atoms with Gasteiger partial charge < -0.3 is 10.1 Å². The molecule has 0 atom stereocenters. The van der Waals surface area contributed by atoms with Gasteiger partial charge in [0.25, 0.3) is 11.5 Å². The molecule has 0 aliphatic rings. The molecule has 5 aromatic rings. The molecule has 5 rings (SSSR count). The Labute approximate surface area is 182 Å². The molecule has 2 aromatic carbocycles. The van der Waals surface area contributed by atoms with Crippen molar-refractivity contribution < 1.29 is 9.53 Å². The second-order valence-corrected chi connectivity index (χ2v) is 7.23. The van der Waals surface area contributed by atoms with Crippen LogP contribution >= 0.6 is 0 Å². The third-order valence-corrected chi connectivity index (χ3v) is 5.27. The zero-order valence-corrected chi connectivity index (χ0v) is 17.2. The van der Waals surface area contributed by atoms with E-state index < -0.39 is 0 Å². The van der Waals surface area contributed by atoms with Gasteiger partial charge in [-0.3, -0.25) is 24.7 Å². The molecule has 8 heteroatoms. The van der Waals surface area contributed by atoms with Crippen molar-refractivity contribution in [1.82, 2.24) is 25.1 Å². The van der Waals surface area contributed by atoms with Gasteiger partial charge in [-0.25, -0.2) is 4.68 Å². The Balaban J connectivity index is 1.53. The summed E-state index contributed by atoms with van der Waals surface area (Å²) in [5.41, 5.74) is 3.00. The average molecular weight is 425 g/mol. The Morgan fingerprint density at radius 1 is 1.06 bits per heavy atom. The van der Waals surface area contributed by atoms with Crippen LogP contribution < -0.4 is 15.6 Å². The number of nitrogens with zero attached hydrogens (tertiary/aromatic N) is 3. The van der Waals surface area contributed by atoms with Crippen molar-refractivity contribution >= 4 is 27.7 Å². The SMILES string of the molecule is COc1ccc(-n2[nH]c3c(cnc4ccc(C(=O)NCc5ccccn5)cc43)c2=O)cc1. The summed E-state index contributed by atoms with van der Waals surface area (Å²) in [5.74, 6) is 0.470. The number of carbonyl (C=O) groups is 1. The zero-order chi connectivity index (χ0) is 22.1. The van der Waals surface area contributed by atoms with E-state index in [1.807, 2.05) is 18.2 Å². The Hall–Kier alpha value is -4.46. The number of rotatable bonds is 5. The predicted molar refractivity (Wildman–Crippen MR) is 121 cm³/mol. The van der Waals surface area contributed by atoms with Crippen LogP contribution in [0.1, 0.15) is 16.1 Å². The Morgan fingerprint density at radius 3 is 2.66 bits per heavy atom. The van der Waals surface area contributed by atoms with Gasteiger partial charge in [0.05, 0.1) is 41.5 Å². The van der Waals surface area contributed by atoms with Crippen molar-refractivity contribution in [3.8, 4) is 11.4 Å². The van der Waals surface area contributed by atoms with E-state index >= 15 is 0 Å². The maximum absolute atomic E-state index is 13.0. The first-order valence-electron chi connectivity index (χ1n) is 10.00. The fraction of sp³-hybridized carbons (Fsp3) is 0.0833. The number of fused-ring (bicyclic) bond motifs is 3. The molecule has 1 amide bonds. The topological polar surface area (TPSA) is 102 Å². The van der Waals surface area contributed by atoms with Gasteiger partial charge in [0.15, 0.2) is 0 Å². The van der Waals surface area contributed by atoms with Crippen LogP contribution in [0.25, 0.3) is 27.5 Å². The van der Waals surface area contributed by atoms with Crippen LogP contribution in [0.4, 0.5) is 0 Å². The van der Waals surface area contributed by atoms with Crippen LogP contribution in [-0.4, -0.2) is 32.8 Å². The highest BCUT2D eigenvalue weighted by Gasteiger charge is 2.14. The highest BCUT2D eigenvalue weighted by Crippen LogP contribution is 2.23. The standard InChI is InChI=1S/C24H19N5O3/c1-32-18-8-6-17(7-9-18)29-24(31)20-14-26-21-10-5-15(12-19(21)22(20)28-29)23(30)27-13-16-4-2-3-11-25-16/h2-12,14,28H,13H2,1H3,(H,27,30). The minimum absolute atomic E-state index is 0.218. The third kappa shape index (κ3) is 3.47. The van der Waals surface area contributed by atoms with Gasteiger partial charge in [-0.05, 0) is 54.6 Å². The zero-order valence-electron chi connectivity index (χ0n) is 17.2. The van der Waals surface area contributed by atoms with Crippen LogP contribution in [0.15, 0.2) is 77.9 Å². The van der Waals surface area contributed by atoms with Gasteiger partial charge in [0.2, 0.25) is 0 Å². The van der Waals surface area contributed by atoms with E-state index in [9.17, 15) is 9.59 Å². The molecule has 0 aliphatic carbocycles. The molecular formula is C24H19N5O3. The third-order valence-electron chi connectivity index (χ3n) is 5.27. The van der Waals surface area contributed by atoms with E-state index in [-0.39, 0.29) is 11.5 Å². The first-order valence-corrected chi connectivity index (χ1v) is 10.00. The second kappa shape index (κ2) is 7.99. The van der Waals surface area contributed by atoms with Crippen molar-refractivity contribution in [2.75, 3.05) is 7.11 Å². The number of pyridine rings is 2. The number of aromatic nitrogens is 4. The Bertz CT molecular complexity index is 1490. The minimum Gasteiger partial charge on any atom is -0.497 e. The molecule has 0 fully saturated rings. The molecule has 2 N–H and O–H groups in total. The number of methoxy groups -OCH3 is 1. The summed E-state index contributed by atoms with van der Waals surface area (Å²) in [6, 6.07) is 17.9. The maximum atomic E-state index is 13.0. The molecule has 0 bridgehead atoms. The lowest BCUT2D eigenvalue weighted by Gasteiger charge is -2.06. The molecule has 0 radical (unpaired) electrons. The predicted octanol–water partition coefficient (Wildman–Crippen LogP) is 3.20. The molecule has 0 aliphatic heterocycles. The fourth-order valence-electron chi connectivity index (χ4n) is 3.59. The number of H-pyrrole nitrogens is 1. The van der Waals surface area contributed by atoms with E-state index in [0.29, 0.717) is 45.4 Å². The summed E-state index contributed by atoms with van der Waals surface area (Å²) in [7, 11) is 1.59. The molecule has 0 saturated heterocycles. The van der Waals surface area contributed by atoms with Crippen molar-refractivity contribution in [3.05, 3.63) is 94.7 Å². The van der Waals surface area contributed by atoms with Gasteiger partial charge in [-0.1, -0.05) is 6.07 Å². The quantitative estimate of drug-likeness (QED) is 0.450. The lowest BCUT2D eigenvalue weighted by atomic mass is 10.1. The maximum Gasteiger partial charge on any atom is 0.280 e. The van der Waals surface area contributed by atoms with Crippen molar-refractivity contribution in [2.24, 2.45) is 0 Å². The smallest absolute Gasteiger partial charge is 0.280 e.